The van der Waals surface area contributed by atoms with Gasteiger partial charge >= 0.3 is 6.09 Å². The van der Waals surface area contributed by atoms with Crippen molar-refractivity contribution in [3.63, 3.8) is 0 Å². The fourth-order valence-corrected chi connectivity index (χ4v) is 6.48. The number of hydrogen-bond donors (Lipinski definition) is 2. The van der Waals surface area contributed by atoms with Gasteiger partial charge in [0.15, 0.2) is 0 Å². The number of hydrogen-bond acceptors (Lipinski definition) is 7. The second-order valence-corrected chi connectivity index (χ2v) is 11.3. The highest BCUT2D eigenvalue weighted by molar-refractivity contribution is 5.98. The van der Waals surface area contributed by atoms with Crippen LogP contribution in [0.2, 0.25) is 0 Å². The van der Waals surface area contributed by atoms with Crippen LogP contribution in [0.4, 0.5) is 16.4 Å². The van der Waals surface area contributed by atoms with Gasteiger partial charge in [-0.05, 0) is 70.8 Å². The van der Waals surface area contributed by atoms with Crippen molar-refractivity contribution in [1.82, 2.24) is 14.9 Å². The van der Waals surface area contributed by atoms with Crippen LogP contribution in [0.15, 0.2) is 91.1 Å². The molecule has 222 valence electrons. The van der Waals surface area contributed by atoms with Crippen molar-refractivity contribution in [3.8, 4) is 28.1 Å². The molecule has 0 saturated carbocycles. The van der Waals surface area contributed by atoms with Crippen molar-refractivity contribution in [2.24, 2.45) is 0 Å². The van der Waals surface area contributed by atoms with Gasteiger partial charge in [0.2, 0.25) is 5.95 Å². The maximum absolute atomic E-state index is 13.2. The van der Waals surface area contributed by atoms with Gasteiger partial charge in [0.1, 0.15) is 12.4 Å². The number of carbonyl (C=O) groups is 1. The fourth-order valence-electron chi connectivity index (χ4n) is 6.48. The van der Waals surface area contributed by atoms with Crippen molar-refractivity contribution < 1.29 is 14.3 Å². The monoisotopic (exact) mass is 585 g/mol. The lowest BCUT2D eigenvalue weighted by Gasteiger charge is -2.33. The number of anilines is 2. The number of amides is 1. The van der Waals surface area contributed by atoms with Crippen LogP contribution in [0, 0.1) is 0 Å². The normalized spacial score (nSPS) is 14.6. The van der Waals surface area contributed by atoms with Crippen molar-refractivity contribution in [3.05, 3.63) is 102 Å². The molecule has 44 heavy (non-hydrogen) atoms. The van der Waals surface area contributed by atoms with Gasteiger partial charge in [-0.15, -0.1) is 0 Å². The van der Waals surface area contributed by atoms with Crippen LogP contribution in [-0.2, 0) is 4.74 Å². The molecule has 0 unspecified atom stereocenters. The molecule has 4 aromatic carbocycles. The van der Waals surface area contributed by atoms with Crippen molar-refractivity contribution in [1.29, 1.82) is 0 Å². The molecule has 8 heteroatoms. The largest absolute Gasteiger partial charge is 0.497 e. The van der Waals surface area contributed by atoms with E-state index in [1.54, 1.807) is 13.3 Å². The number of fused-ring (bicyclic) bond motifs is 4. The second kappa shape index (κ2) is 11.9. The summed E-state index contributed by atoms with van der Waals surface area (Å²) in [5.41, 5.74) is 7.76. The Bertz CT molecular complexity index is 1790. The van der Waals surface area contributed by atoms with Crippen LogP contribution >= 0.6 is 0 Å². The molecule has 1 aliphatic heterocycles. The first-order valence-corrected chi connectivity index (χ1v) is 15.1. The van der Waals surface area contributed by atoms with E-state index in [-0.39, 0.29) is 18.1 Å². The molecule has 0 bridgehead atoms. The molecule has 2 N–H and O–H groups in total. The Labute approximate surface area is 257 Å². The first-order valence-electron chi connectivity index (χ1n) is 15.1. The van der Waals surface area contributed by atoms with E-state index in [1.165, 1.54) is 22.3 Å². The Morgan fingerprint density at radius 2 is 1.66 bits per heavy atom. The van der Waals surface area contributed by atoms with Crippen LogP contribution < -0.4 is 15.4 Å². The van der Waals surface area contributed by atoms with E-state index in [0.717, 1.165) is 46.3 Å². The highest BCUT2D eigenvalue weighted by atomic mass is 16.6. The summed E-state index contributed by atoms with van der Waals surface area (Å²) in [5, 5.41) is 8.97. The maximum Gasteiger partial charge on any atom is 0.409 e. The molecule has 7 rings (SSSR count). The number of ether oxygens (including phenoxy) is 2. The number of rotatable bonds is 7. The molecule has 0 atom stereocenters. The average molecular weight is 586 g/mol. The Morgan fingerprint density at radius 3 is 2.36 bits per heavy atom. The lowest BCUT2D eigenvalue weighted by molar-refractivity contribution is 0.0916. The van der Waals surface area contributed by atoms with E-state index in [1.807, 2.05) is 24.1 Å². The standard InChI is InChI=1S/C36H35N5O3/c1-37-35-38-16-13-33(40-35)24-19-23-11-12-26(43-2)21-31(23)34(20-24)39-25-14-17-41(18-15-25)36(42)44-22-32-29-9-5-3-7-27(29)28-8-4-6-10-30(28)32/h3-13,16,19-21,25,32,39H,14-15,17-18,22H2,1-2H3,(H,37,38,40). The highest BCUT2D eigenvalue weighted by Gasteiger charge is 2.30. The molecule has 1 saturated heterocycles. The molecule has 2 aliphatic rings. The average Bonchev–Trinajstić information content (AvgIpc) is 3.40. The van der Waals surface area contributed by atoms with Crippen LogP contribution in [0.5, 0.6) is 5.75 Å². The van der Waals surface area contributed by atoms with E-state index >= 15 is 0 Å². The summed E-state index contributed by atoms with van der Waals surface area (Å²) < 4.78 is 11.5. The third-order valence-electron chi connectivity index (χ3n) is 8.79. The molecular weight excluding hydrogens is 550 g/mol. The molecule has 0 radical (unpaired) electrons. The lowest BCUT2D eigenvalue weighted by Crippen LogP contribution is -2.43. The van der Waals surface area contributed by atoms with Crippen LogP contribution in [0.25, 0.3) is 33.2 Å². The first kappa shape index (κ1) is 27.7. The van der Waals surface area contributed by atoms with Crippen molar-refractivity contribution in [2.75, 3.05) is 44.5 Å². The van der Waals surface area contributed by atoms with Crippen LogP contribution in [-0.4, -0.2) is 60.9 Å². The smallest absolute Gasteiger partial charge is 0.409 e. The Morgan fingerprint density at radius 1 is 0.932 bits per heavy atom. The summed E-state index contributed by atoms with van der Waals surface area (Å²) in [6, 6.07) is 29.3. The van der Waals surface area contributed by atoms with Gasteiger partial charge in [-0.25, -0.2) is 14.8 Å². The second-order valence-electron chi connectivity index (χ2n) is 11.3. The SMILES string of the molecule is CNc1nccc(-c2cc(NC3CCN(C(=O)OCC4c5ccccc5-c5ccccc54)CC3)c3cc(OC)ccc3c2)n1. The number of aromatic nitrogens is 2. The Hall–Kier alpha value is -5.11. The fraction of sp³-hybridized carbons (Fsp3) is 0.250. The number of methoxy groups -OCH3 is 1. The van der Waals surface area contributed by atoms with E-state index in [9.17, 15) is 4.79 Å². The number of likely N-dealkylation sites (tertiary alicyclic amines) is 1. The van der Waals surface area contributed by atoms with Crippen molar-refractivity contribution >= 4 is 28.5 Å². The third kappa shape index (κ3) is 5.28. The van der Waals surface area contributed by atoms with E-state index in [4.69, 9.17) is 9.47 Å². The minimum atomic E-state index is -0.244. The summed E-state index contributed by atoms with van der Waals surface area (Å²) in [7, 11) is 3.50. The minimum Gasteiger partial charge on any atom is -0.497 e. The van der Waals surface area contributed by atoms with E-state index in [2.05, 4.69) is 93.4 Å². The summed E-state index contributed by atoms with van der Waals surface area (Å²) in [5.74, 6) is 1.44. The lowest BCUT2D eigenvalue weighted by atomic mass is 9.98. The zero-order valence-electron chi connectivity index (χ0n) is 24.9. The highest BCUT2D eigenvalue weighted by Crippen LogP contribution is 2.44. The third-order valence-corrected chi connectivity index (χ3v) is 8.79. The number of nitrogens with one attached hydrogen (secondary N) is 2. The van der Waals surface area contributed by atoms with Gasteiger partial charge in [-0.1, -0.05) is 54.6 Å². The summed E-state index contributed by atoms with van der Waals surface area (Å²) in [4.78, 5) is 24.0. The zero-order chi connectivity index (χ0) is 30.0. The number of piperidine rings is 1. The summed E-state index contributed by atoms with van der Waals surface area (Å²) in [6.07, 6.45) is 3.15. The number of benzene rings is 4. The zero-order valence-corrected chi connectivity index (χ0v) is 24.9. The van der Waals surface area contributed by atoms with Gasteiger partial charge in [0.05, 0.1) is 12.8 Å². The molecule has 8 nitrogen and oxygen atoms in total. The molecule has 0 spiro atoms. The number of carbonyl (C=O) groups excluding carboxylic acids is 1. The van der Waals surface area contributed by atoms with Crippen LogP contribution in [0.3, 0.4) is 0 Å². The molecule has 1 amide bonds. The van der Waals surface area contributed by atoms with Gasteiger partial charge in [-0.2, -0.15) is 0 Å². The molecule has 1 fully saturated rings. The number of nitrogens with zero attached hydrogens (tertiary/aromatic N) is 3. The van der Waals surface area contributed by atoms with Crippen molar-refractivity contribution in [2.45, 2.75) is 24.8 Å². The van der Waals surface area contributed by atoms with Gasteiger partial charge < -0.3 is 25.0 Å². The summed E-state index contributed by atoms with van der Waals surface area (Å²) >= 11 is 0. The van der Waals surface area contributed by atoms with E-state index < -0.39 is 0 Å². The predicted molar refractivity (Wildman–Crippen MR) is 174 cm³/mol. The topological polar surface area (TPSA) is 88.6 Å². The minimum absolute atomic E-state index is 0.0576. The van der Waals surface area contributed by atoms with E-state index in [0.29, 0.717) is 25.6 Å². The quantitative estimate of drug-likeness (QED) is 0.209. The van der Waals surface area contributed by atoms with Gasteiger partial charge in [0.25, 0.3) is 0 Å². The molecular formula is C36H35N5O3. The Balaban J connectivity index is 1.04. The maximum atomic E-state index is 13.2. The van der Waals surface area contributed by atoms with Gasteiger partial charge in [-0.3, -0.25) is 0 Å². The molecule has 2 heterocycles. The molecule has 1 aromatic heterocycles. The summed E-state index contributed by atoms with van der Waals surface area (Å²) in [6.45, 7) is 1.60. The first-order chi connectivity index (χ1) is 21.6. The molecule has 5 aromatic rings. The molecule has 1 aliphatic carbocycles. The Kier molecular flexibility index (Phi) is 7.48. The van der Waals surface area contributed by atoms with Crippen LogP contribution in [0.1, 0.15) is 29.9 Å². The van der Waals surface area contributed by atoms with Gasteiger partial charge in [0, 0.05) is 54.9 Å². The predicted octanol–water partition coefficient (Wildman–Crippen LogP) is 7.17.